The van der Waals surface area contributed by atoms with Gasteiger partial charge in [-0.3, -0.25) is 4.79 Å². The third-order valence-electron chi connectivity index (χ3n) is 2.09. The van der Waals surface area contributed by atoms with E-state index in [0.717, 1.165) is 0 Å². The minimum atomic E-state index is -0.413. The van der Waals surface area contributed by atoms with Crippen molar-refractivity contribution in [1.29, 1.82) is 0 Å². The number of rotatable bonds is 2. The first-order valence-corrected chi connectivity index (χ1v) is 6.43. The van der Waals surface area contributed by atoms with Gasteiger partial charge in [0.1, 0.15) is 11.0 Å². The number of hydrogen-bond donors (Lipinski definition) is 1. The molecule has 0 aliphatic carbocycles. The SMILES string of the molecule is O=C(Nc1cc(Cl)nc(Cl)n1)c1ccc(Cl)c(Cl)c1. The number of nitrogens with zero attached hydrogens (tertiary/aromatic N) is 2. The predicted octanol–water partition coefficient (Wildman–Crippen LogP) is 4.34. The quantitative estimate of drug-likeness (QED) is 0.655. The molecule has 1 heterocycles. The summed E-state index contributed by atoms with van der Waals surface area (Å²) < 4.78 is 0. The van der Waals surface area contributed by atoms with Crippen LogP contribution in [0.5, 0.6) is 0 Å². The van der Waals surface area contributed by atoms with Gasteiger partial charge >= 0.3 is 0 Å². The number of hydrogen-bond acceptors (Lipinski definition) is 3. The van der Waals surface area contributed by atoms with Crippen LogP contribution < -0.4 is 5.32 Å². The van der Waals surface area contributed by atoms with Gasteiger partial charge in [0, 0.05) is 11.6 Å². The molecule has 8 heteroatoms. The second-order valence-corrected chi connectivity index (χ2v) is 4.97. The minimum absolute atomic E-state index is 0.0584. The summed E-state index contributed by atoms with van der Waals surface area (Å²) >= 11 is 22.9. The Balaban J connectivity index is 2.22. The first kappa shape index (κ1) is 14.3. The van der Waals surface area contributed by atoms with E-state index >= 15 is 0 Å². The fourth-order valence-corrected chi connectivity index (χ4v) is 1.99. The molecular formula is C11H5Cl4N3O. The van der Waals surface area contributed by atoms with Gasteiger partial charge in [0.2, 0.25) is 5.28 Å². The van der Waals surface area contributed by atoms with Gasteiger partial charge in [0.15, 0.2) is 0 Å². The van der Waals surface area contributed by atoms with Crippen LogP contribution in [-0.2, 0) is 0 Å². The zero-order chi connectivity index (χ0) is 14.0. The van der Waals surface area contributed by atoms with Crippen LogP contribution in [0.4, 0.5) is 5.82 Å². The van der Waals surface area contributed by atoms with Gasteiger partial charge in [0.25, 0.3) is 5.91 Å². The Morgan fingerprint density at radius 3 is 2.37 bits per heavy atom. The predicted molar refractivity (Wildman–Crippen MR) is 76.5 cm³/mol. The van der Waals surface area contributed by atoms with E-state index in [2.05, 4.69) is 15.3 Å². The summed E-state index contributed by atoms with van der Waals surface area (Å²) in [6, 6.07) is 5.89. The Labute approximate surface area is 128 Å². The maximum atomic E-state index is 11.9. The van der Waals surface area contributed by atoms with Gasteiger partial charge in [-0.2, -0.15) is 0 Å². The average molecular weight is 337 g/mol. The van der Waals surface area contributed by atoms with E-state index in [1.165, 1.54) is 24.3 Å². The number of amides is 1. The molecule has 1 aromatic heterocycles. The molecule has 0 unspecified atom stereocenters. The Hall–Kier alpha value is -1.07. The monoisotopic (exact) mass is 335 g/mol. The smallest absolute Gasteiger partial charge is 0.256 e. The van der Waals surface area contributed by atoms with E-state index in [9.17, 15) is 4.79 Å². The maximum Gasteiger partial charge on any atom is 0.256 e. The first-order chi connectivity index (χ1) is 8.95. The third-order valence-corrected chi connectivity index (χ3v) is 3.19. The summed E-state index contributed by atoms with van der Waals surface area (Å²) in [4.78, 5) is 19.4. The third kappa shape index (κ3) is 3.70. The second kappa shape index (κ2) is 5.92. The molecule has 98 valence electrons. The maximum absolute atomic E-state index is 11.9. The molecule has 0 saturated heterocycles. The van der Waals surface area contributed by atoms with E-state index in [1.807, 2.05) is 0 Å². The highest BCUT2D eigenvalue weighted by molar-refractivity contribution is 6.42. The molecule has 0 atom stereocenters. The molecule has 1 amide bonds. The largest absolute Gasteiger partial charge is 0.306 e. The van der Waals surface area contributed by atoms with Crippen molar-refractivity contribution in [2.75, 3.05) is 5.32 Å². The van der Waals surface area contributed by atoms with E-state index in [0.29, 0.717) is 10.6 Å². The summed E-state index contributed by atoms with van der Waals surface area (Å²) in [5, 5.41) is 3.25. The van der Waals surface area contributed by atoms with Crippen molar-refractivity contribution in [3.05, 3.63) is 50.3 Å². The van der Waals surface area contributed by atoms with Crippen LogP contribution in [-0.4, -0.2) is 15.9 Å². The van der Waals surface area contributed by atoms with E-state index in [4.69, 9.17) is 46.4 Å². The van der Waals surface area contributed by atoms with Gasteiger partial charge in [-0.1, -0.05) is 34.8 Å². The summed E-state index contributed by atoms with van der Waals surface area (Å²) in [5.74, 6) is -0.217. The van der Waals surface area contributed by atoms with Crippen molar-refractivity contribution in [2.45, 2.75) is 0 Å². The molecule has 0 spiro atoms. The number of benzene rings is 1. The molecular weight excluding hydrogens is 332 g/mol. The minimum Gasteiger partial charge on any atom is -0.306 e. The number of nitrogens with one attached hydrogen (secondary N) is 1. The lowest BCUT2D eigenvalue weighted by Crippen LogP contribution is -2.13. The Morgan fingerprint density at radius 1 is 1.00 bits per heavy atom. The van der Waals surface area contributed by atoms with Gasteiger partial charge in [-0.05, 0) is 29.8 Å². The molecule has 2 rings (SSSR count). The summed E-state index contributed by atoms with van der Waals surface area (Å²) in [5.41, 5.74) is 0.334. The van der Waals surface area contributed by atoms with Crippen molar-refractivity contribution in [1.82, 2.24) is 9.97 Å². The van der Waals surface area contributed by atoms with Crippen LogP contribution in [0.3, 0.4) is 0 Å². The van der Waals surface area contributed by atoms with Gasteiger partial charge < -0.3 is 5.32 Å². The van der Waals surface area contributed by atoms with Gasteiger partial charge in [-0.15, -0.1) is 0 Å². The van der Waals surface area contributed by atoms with Crippen molar-refractivity contribution in [3.63, 3.8) is 0 Å². The molecule has 1 aromatic carbocycles. The molecule has 0 radical (unpaired) electrons. The fraction of sp³-hybridized carbons (Fsp3) is 0. The van der Waals surface area contributed by atoms with Gasteiger partial charge in [-0.25, -0.2) is 9.97 Å². The van der Waals surface area contributed by atoms with Crippen LogP contribution in [0.25, 0.3) is 0 Å². The summed E-state index contributed by atoms with van der Waals surface area (Å²) in [7, 11) is 0. The Bertz CT molecular complexity index is 628. The Kier molecular flexibility index (Phi) is 4.47. The second-order valence-electron chi connectivity index (χ2n) is 3.43. The molecule has 0 bridgehead atoms. The zero-order valence-corrected chi connectivity index (χ0v) is 12.1. The molecule has 4 nitrogen and oxygen atoms in total. The number of halogens is 4. The lowest BCUT2D eigenvalue weighted by Gasteiger charge is -2.05. The van der Waals surface area contributed by atoms with Crippen LogP contribution in [0, 0.1) is 0 Å². The highest BCUT2D eigenvalue weighted by atomic mass is 35.5. The van der Waals surface area contributed by atoms with Crippen LogP contribution in [0.2, 0.25) is 20.5 Å². The highest BCUT2D eigenvalue weighted by Gasteiger charge is 2.10. The highest BCUT2D eigenvalue weighted by Crippen LogP contribution is 2.23. The fourth-order valence-electron chi connectivity index (χ4n) is 1.28. The van der Waals surface area contributed by atoms with Crippen molar-refractivity contribution in [3.8, 4) is 0 Å². The normalized spacial score (nSPS) is 10.3. The molecule has 0 saturated carbocycles. The van der Waals surface area contributed by atoms with Gasteiger partial charge in [0.05, 0.1) is 10.0 Å². The van der Waals surface area contributed by atoms with E-state index < -0.39 is 5.91 Å². The number of aromatic nitrogens is 2. The Morgan fingerprint density at radius 2 is 1.74 bits per heavy atom. The number of carbonyl (C=O) groups excluding carboxylic acids is 1. The molecule has 1 N–H and O–H groups in total. The number of anilines is 1. The topological polar surface area (TPSA) is 54.9 Å². The molecule has 19 heavy (non-hydrogen) atoms. The lowest BCUT2D eigenvalue weighted by atomic mass is 10.2. The first-order valence-electron chi connectivity index (χ1n) is 4.92. The van der Waals surface area contributed by atoms with Crippen molar-refractivity contribution >= 4 is 58.1 Å². The van der Waals surface area contributed by atoms with Crippen LogP contribution in [0.1, 0.15) is 10.4 Å². The van der Waals surface area contributed by atoms with E-state index in [-0.39, 0.29) is 21.3 Å². The standard InChI is InChI=1S/C11H5Cl4N3O/c12-6-2-1-5(3-7(6)13)10(19)17-9-4-8(14)16-11(15)18-9/h1-4H,(H,16,17,18,19). The van der Waals surface area contributed by atoms with E-state index in [1.54, 1.807) is 0 Å². The number of carbonyl (C=O) groups is 1. The van der Waals surface area contributed by atoms with Crippen LogP contribution in [0.15, 0.2) is 24.3 Å². The molecule has 0 fully saturated rings. The zero-order valence-electron chi connectivity index (χ0n) is 9.12. The average Bonchev–Trinajstić information content (AvgIpc) is 2.31. The van der Waals surface area contributed by atoms with Crippen LogP contribution >= 0.6 is 46.4 Å². The summed E-state index contributed by atoms with van der Waals surface area (Å²) in [6.45, 7) is 0. The molecule has 0 aliphatic rings. The summed E-state index contributed by atoms with van der Waals surface area (Å²) in [6.07, 6.45) is 0. The molecule has 2 aromatic rings. The lowest BCUT2D eigenvalue weighted by molar-refractivity contribution is 0.102. The van der Waals surface area contributed by atoms with Crippen molar-refractivity contribution < 1.29 is 4.79 Å². The molecule has 0 aliphatic heterocycles. The van der Waals surface area contributed by atoms with Crippen molar-refractivity contribution in [2.24, 2.45) is 0 Å².